The van der Waals surface area contributed by atoms with Crippen LogP contribution in [0.2, 0.25) is 0 Å². The molecule has 1 amide bonds. The molecule has 0 bridgehead atoms. The van der Waals surface area contributed by atoms with Crippen LogP contribution in [0.3, 0.4) is 0 Å². The van der Waals surface area contributed by atoms with Crippen LogP contribution in [0.4, 0.5) is 0 Å². The molecule has 0 heterocycles. The number of carbonyl (C=O) groups excluding carboxylic acids is 1. The second kappa shape index (κ2) is 7.07. The largest absolute Gasteiger partial charge is 0.339 e. The first-order valence-corrected chi connectivity index (χ1v) is 6.17. The molecule has 2 N–H and O–H groups in total. The van der Waals surface area contributed by atoms with Crippen LogP contribution in [0.25, 0.3) is 0 Å². The highest BCUT2D eigenvalue weighted by Crippen LogP contribution is 2.19. The third-order valence-corrected chi connectivity index (χ3v) is 3.10. The van der Waals surface area contributed by atoms with Crippen molar-refractivity contribution in [2.45, 2.75) is 32.2 Å². The molecule has 0 radical (unpaired) electrons. The lowest BCUT2D eigenvalue weighted by atomic mass is 10.1. The number of nitrogens with zero attached hydrogens (tertiary/aromatic N) is 1. The van der Waals surface area contributed by atoms with Crippen molar-refractivity contribution >= 4 is 5.91 Å². The molecule has 0 aliphatic carbocycles. The van der Waals surface area contributed by atoms with Crippen molar-refractivity contribution in [3.05, 3.63) is 35.9 Å². The summed E-state index contributed by atoms with van der Waals surface area (Å²) in [6.45, 7) is 2.71. The smallest absolute Gasteiger partial charge is 0.222 e. The molecule has 0 aromatic heterocycles. The van der Waals surface area contributed by atoms with Gasteiger partial charge in [0.15, 0.2) is 0 Å². The fourth-order valence-electron chi connectivity index (χ4n) is 1.77. The summed E-state index contributed by atoms with van der Waals surface area (Å²) < 4.78 is 0. The van der Waals surface area contributed by atoms with Crippen molar-refractivity contribution in [1.82, 2.24) is 4.90 Å². The van der Waals surface area contributed by atoms with Crippen LogP contribution < -0.4 is 5.73 Å². The van der Waals surface area contributed by atoms with Gasteiger partial charge in [-0.15, -0.1) is 0 Å². The number of unbranched alkanes of at least 4 members (excludes halogenated alkanes) is 1. The van der Waals surface area contributed by atoms with Crippen LogP contribution in [0.1, 0.15) is 37.8 Å². The van der Waals surface area contributed by atoms with Gasteiger partial charge in [0.1, 0.15) is 0 Å². The van der Waals surface area contributed by atoms with Crippen LogP contribution in [0, 0.1) is 0 Å². The zero-order chi connectivity index (χ0) is 12.7. The lowest BCUT2D eigenvalue weighted by molar-refractivity contribution is -0.131. The molecule has 17 heavy (non-hydrogen) atoms. The molecule has 3 heteroatoms. The summed E-state index contributed by atoms with van der Waals surface area (Å²) in [7, 11) is 1.86. The number of nitrogens with two attached hydrogens (primary N) is 1. The molecule has 1 atom stereocenters. The number of carbonyl (C=O) groups is 1. The molecular weight excluding hydrogens is 212 g/mol. The summed E-state index contributed by atoms with van der Waals surface area (Å²) in [4.78, 5) is 13.7. The van der Waals surface area contributed by atoms with Gasteiger partial charge < -0.3 is 10.6 Å². The topological polar surface area (TPSA) is 46.3 Å². The number of benzene rings is 1. The first kappa shape index (κ1) is 13.7. The van der Waals surface area contributed by atoms with Crippen LogP contribution in [-0.2, 0) is 4.79 Å². The number of amides is 1. The SMILES string of the molecule is CC(c1ccccc1)N(C)C(=O)CCCCN. The zero-order valence-corrected chi connectivity index (χ0v) is 10.7. The Bertz CT molecular complexity index is 337. The highest BCUT2D eigenvalue weighted by molar-refractivity contribution is 5.76. The van der Waals surface area contributed by atoms with Gasteiger partial charge in [-0.1, -0.05) is 30.3 Å². The highest BCUT2D eigenvalue weighted by atomic mass is 16.2. The maximum Gasteiger partial charge on any atom is 0.222 e. The molecule has 1 rings (SSSR count). The van der Waals surface area contributed by atoms with E-state index in [1.165, 1.54) is 5.56 Å². The molecule has 0 saturated heterocycles. The minimum absolute atomic E-state index is 0.126. The van der Waals surface area contributed by atoms with E-state index < -0.39 is 0 Å². The van der Waals surface area contributed by atoms with E-state index in [2.05, 4.69) is 6.92 Å². The average molecular weight is 234 g/mol. The molecule has 0 fully saturated rings. The van der Waals surface area contributed by atoms with Gasteiger partial charge in [0.25, 0.3) is 0 Å². The van der Waals surface area contributed by atoms with Gasteiger partial charge in [0.2, 0.25) is 5.91 Å². The first-order valence-electron chi connectivity index (χ1n) is 6.17. The van der Waals surface area contributed by atoms with Crippen LogP contribution >= 0.6 is 0 Å². The molecule has 0 saturated carbocycles. The predicted octanol–water partition coefficient (Wildman–Crippen LogP) is 2.33. The summed E-state index contributed by atoms with van der Waals surface area (Å²) in [6, 6.07) is 10.2. The Kier molecular flexibility index (Phi) is 5.70. The molecule has 3 nitrogen and oxygen atoms in total. The Balaban J connectivity index is 2.51. The summed E-state index contributed by atoms with van der Waals surface area (Å²) in [5.74, 6) is 0.190. The summed E-state index contributed by atoms with van der Waals surface area (Å²) >= 11 is 0. The van der Waals surface area contributed by atoms with E-state index in [1.807, 2.05) is 42.3 Å². The van der Waals surface area contributed by atoms with Gasteiger partial charge in [-0.3, -0.25) is 4.79 Å². The monoisotopic (exact) mass is 234 g/mol. The van der Waals surface area contributed by atoms with Gasteiger partial charge in [-0.2, -0.15) is 0 Å². The summed E-state index contributed by atoms with van der Waals surface area (Å²) in [5.41, 5.74) is 6.59. The van der Waals surface area contributed by atoms with E-state index >= 15 is 0 Å². The van der Waals surface area contributed by atoms with Crippen molar-refractivity contribution in [1.29, 1.82) is 0 Å². The second-order valence-corrected chi connectivity index (χ2v) is 4.34. The van der Waals surface area contributed by atoms with Gasteiger partial charge in [0, 0.05) is 13.5 Å². The van der Waals surface area contributed by atoms with Crippen molar-refractivity contribution in [3.8, 4) is 0 Å². The van der Waals surface area contributed by atoms with Gasteiger partial charge in [-0.25, -0.2) is 0 Å². The standard InChI is InChI=1S/C14H22N2O/c1-12(13-8-4-3-5-9-13)16(2)14(17)10-6-7-11-15/h3-5,8-9,12H,6-7,10-11,15H2,1-2H3. The molecule has 94 valence electrons. The Morgan fingerprint density at radius 1 is 1.29 bits per heavy atom. The molecule has 1 unspecified atom stereocenters. The van der Waals surface area contributed by atoms with Crippen LogP contribution in [-0.4, -0.2) is 24.4 Å². The normalized spacial score (nSPS) is 12.2. The van der Waals surface area contributed by atoms with E-state index in [4.69, 9.17) is 5.73 Å². The van der Waals surface area contributed by atoms with E-state index in [1.54, 1.807) is 0 Å². The minimum atomic E-state index is 0.126. The van der Waals surface area contributed by atoms with E-state index in [9.17, 15) is 4.79 Å². The fraction of sp³-hybridized carbons (Fsp3) is 0.500. The molecule has 0 aliphatic heterocycles. The van der Waals surface area contributed by atoms with Crippen molar-refractivity contribution in [2.24, 2.45) is 5.73 Å². The van der Waals surface area contributed by atoms with Gasteiger partial charge in [0.05, 0.1) is 6.04 Å². The maximum absolute atomic E-state index is 11.9. The molecule has 0 aliphatic rings. The molecular formula is C14H22N2O. The second-order valence-electron chi connectivity index (χ2n) is 4.34. The third kappa shape index (κ3) is 4.19. The maximum atomic E-state index is 11.9. The van der Waals surface area contributed by atoms with Crippen LogP contribution in [0.5, 0.6) is 0 Å². The Morgan fingerprint density at radius 3 is 2.53 bits per heavy atom. The van der Waals surface area contributed by atoms with Crippen molar-refractivity contribution in [2.75, 3.05) is 13.6 Å². The first-order chi connectivity index (χ1) is 8.16. The lowest BCUT2D eigenvalue weighted by Gasteiger charge is -2.25. The van der Waals surface area contributed by atoms with E-state index in [0.29, 0.717) is 13.0 Å². The Labute approximate surface area is 104 Å². The lowest BCUT2D eigenvalue weighted by Crippen LogP contribution is -2.29. The minimum Gasteiger partial charge on any atom is -0.339 e. The molecule has 0 spiro atoms. The summed E-state index contributed by atoms with van der Waals surface area (Å²) in [5, 5.41) is 0. The van der Waals surface area contributed by atoms with Crippen LogP contribution in [0.15, 0.2) is 30.3 Å². The summed E-state index contributed by atoms with van der Waals surface area (Å²) in [6.07, 6.45) is 2.38. The molecule has 1 aromatic rings. The number of hydrogen-bond donors (Lipinski definition) is 1. The fourth-order valence-corrected chi connectivity index (χ4v) is 1.77. The van der Waals surface area contributed by atoms with Crippen molar-refractivity contribution < 1.29 is 4.79 Å². The van der Waals surface area contributed by atoms with Crippen molar-refractivity contribution in [3.63, 3.8) is 0 Å². The Morgan fingerprint density at radius 2 is 1.94 bits per heavy atom. The van der Waals surface area contributed by atoms with Gasteiger partial charge >= 0.3 is 0 Å². The van der Waals surface area contributed by atoms with Gasteiger partial charge in [-0.05, 0) is 31.9 Å². The third-order valence-electron chi connectivity index (χ3n) is 3.10. The van der Waals surface area contributed by atoms with E-state index in [0.717, 1.165) is 12.8 Å². The predicted molar refractivity (Wildman–Crippen MR) is 70.5 cm³/mol. The van der Waals surface area contributed by atoms with E-state index in [-0.39, 0.29) is 11.9 Å². The highest BCUT2D eigenvalue weighted by Gasteiger charge is 2.16. The quantitative estimate of drug-likeness (QED) is 0.768. The number of rotatable bonds is 6. The zero-order valence-electron chi connectivity index (χ0n) is 10.7. The number of hydrogen-bond acceptors (Lipinski definition) is 2. The average Bonchev–Trinajstić information content (AvgIpc) is 2.38. The Hall–Kier alpha value is -1.35. The molecule has 1 aromatic carbocycles.